The highest BCUT2D eigenvalue weighted by atomic mass is 32.1. The molecule has 0 bridgehead atoms. The van der Waals surface area contributed by atoms with Gasteiger partial charge in [-0.1, -0.05) is 6.07 Å². The monoisotopic (exact) mass is 390 g/mol. The van der Waals surface area contributed by atoms with Crippen molar-refractivity contribution in [1.29, 1.82) is 0 Å². The zero-order valence-corrected chi connectivity index (χ0v) is 16.0. The van der Waals surface area contributed by atoms with Gasteiger partial charge in [-0.25, -0.2) is 0 Å². The van der Waals surface area contributed by atoms with Gasteiger partial charge < -0.3 is 25.2 Å². The Hall–Kier alpha value is -2.58. The summed E-state index contributed by atoms with van der Waals surface area (Å²) in [6.07, 6.45) is 1.81. The Morgan fingerprint density at radius 3 is 2.52 bits per heavy atom. The average molecular weight is 390 g/mol. The summed E-state index contributed by atoms with van der Waals surface area (Å²) in [6.45, 7) is -0.00360. The Bertz CT molecular complexity index is 820. The maximum Gasteiger partial charge on any atom is 0.313 e. The fraction of sp³-hybridized carbons (Fsp3) is 0.368. The van der Waals surface area contributed by atoms with Crippen LogP contribution in [0.15, 0.2) is 35.7 Å². The number of nitrogens with one attached hydrogen (secondary N) is 2. The number of amides is 2. The van der Waals surface area contributed by atoms with Crippen molar-refractivity contribution in [3.05, 3.63) is 40.6 Å². The van der Waals surface area contributed by atoms with E-state index >= 15 is 0 Å². The predicted molar refractivity (Wildman–Crippen MR) is 102 cm³/mol. The summed E-state index contributed by atoms with van der Waals surface area (Å²) in [5.41, 5.74) is -0.725. The fourth-order valence-electron chi connectivity index (χ4n) is 2.92. The molecule has 1 aliphatic carbocycles. The van der Waals surface area contributed by atoms with Crippen molar-refractivity contribution in [3.8, 4) is 11.5 Å². The number of thiophene rings is 1. The van der Waals surface area contributed by atoms with Gasteiger partial charge >= 0.3 is 11.8 Å². The van der Waals surface area contributed by atoms with E-state index in [-0.39, 0.29) is 12.5 Å². The SMILES string of the molecule is COc1ccc(NC(=O)C(=O)NCC(O)(c2cccs2)C2CC2)cc1OC. The van der Waals surface area contributed by atoms with E-state index in [0.717, 1.165) is 17.7 Å². The maximum atomic E-state index is 12.2. The van der Waals surface area contributed by atoms with E-state index in [1.54, 1.807) is 18.2 Å². The molecule has 0 radical (unpaired) electrons. The maximum absolute atomic E-state index is 12.2. The van der Waals surface area contributed by atoms with Crippen molar-refractivity contribution < 1.29 is 24.2 Å². The lowest BCUT2D eigenvalue weighted by Crippen LogP contribution is -2.45. The number of carbonyl (C=O) groups is 2. The zero-order chi connectivity index (χ0) is 19.4. The van der Waals surface area contributed by atoms with E-state index in [1.165, 1.54) is 25.6 Å². The first-order valence-electron chi connectivity index (χ1n) is 8.55. The summed E-state index contributed by atoms with van der Waals surface area (Å²) >= 11 is 1.44. The molecule has 1 fully saturated rings. The van der Waals surface area contributed by atoms with Gasteiger partial charge in [-0.3, -0.25) is 9.59 Å². The number of benzene rings is 1. The second kappa shape index (κ2) is 7.98. The molecule has 0 saturated heterocycles. The topological polar surface area (TPSA) is 96.9 Å². The van der Waals surface area contributed by atoms with E-state index < -0.39 is 17.4 Å². The molecule has 7 nitrogen and oxygen atoms in total. The molecule has 1 unspecified atom stereocenters. The van der Waals surface area contributed by atoms with E-state index in [2.05, 4.69) is 10.6 Å². The van der Waals surface area contributed by atoms with E-state index in [1.807, 2.05) is 17.5 Å². The molecular formula is C19H22N2O5S. The predicted octanol–water partition coefficient (Wildman–Crippen LogP) is 2.12. The molecule has 1 saturated carbocycles. The molecule has 144 valence electrons. The Morgan fingerprint density at radius 1 is 1.19 bits per heavy atom. The van der Waals surface area contributed by atoms with Crippen molar-refractivity contribution in [1.82, 2.24) is 5.32 Å². The second-order valence-corrected chi connectivity index (χ2v) is 7.33. The Labute approximate surface area is 161 Å². The van der Waals surface area contributed by atoms with Crippen LogP contribution in [0.25, 0.3) is 0 Å². The van der Waals surface area contributed by atoms with Gasteiger partial charge in [0.05, 0.1) is 20.8 Å². The standard InChI is InChI=1S/C19H22N2O5S/c1-25-14-8-7-13(10-15(14)26-2)21-18(23)17(22)20-11-19(24,12-5-6-12)16-4-3-9-27-16/h3-4,7-10,12,24H,5-6,11H2,1-2H3,(H,20,22)(H,21,23). The van der Waals surface area contributed by atoms with E-state index in [9.17, 15) is 14.7 Å². The number of ether oxygens (including phenoxy) is 2. The van der Waals surface area contributed by atoms with Crippen LogP contribution in [0, 0.1) is 5.92 Å². The Morgan fingerprint density at radius 2 is 1.93 bits per heavy atom. The van der Waals surface area contributed by atoms with Crippen LogP contribution in [0.2, 0.25) is 0 Å². The molecule has 0 aliphatic heterocycles. The highest BCUT2D eigenvalue weighted by Crippen LogP contribution is 2.46. The highest BCUT2D eigenvalue weighted by Gasteiger charge is 2.46. The molecule has 1 atom stereocenters. The molecule has 2 amide bonds. The molecule has 1 aliphatic rings. The molecule has 1 aromatic carbocycles. The molecular weight excluding hydrogens is 368 g/mol. The van der Waals surface area contributed by atoms with Crippen LogP contribution >= 0.6 is 11.3 Å². The smallest absolute Gasteiger partial charge is 0.313 e. The zero-order valence-electron chi connectivity index (χ0n) is 15.2. The quantitative estimate of drug-likeness (QED) is 0.629. The normalized spacial score (nSPS) is 15.5. The lowest BCUT2D eigenvalue weighted by molar-refractivity contribution is -0.137. The summed E-state index contributed by atoms with van der Waals surface area (Å²) in [7, 11) is 3.00. The molecule has 3 N–H and O–H groups in total. The van der Waals surface area contributed by atoms with E-state index in [4.69, 9.17) is 9.47 Å². The largest absolute Gasteiger partial charge is 0.493 e. The minimum absolute atomic E-state index is 0.00360. The van der Waals surface area contributed by atoms with Gasteiger partial charge in [-0.15, -0.1) is 11.3 Å². The number of hydrogen-bond donors (Lipinski definition) is 3. The Kier molecular flexibility index (Phi) is 5.67. The average Bonchev–Trinajstić information content (AvgIpc) is 3.40. The van der Waals surface area contributed by atoms with Crippen LogP contribution in [0.1, 0.15) is 17.7 Å². The molecule has 3 rings (SSSR count). The second-order valence-electron chi connectivity index (χ2n) is 6.38. The molecule has 2 aromatic rings. The molecule has 1 aromatic heterocycles. The van der Waals surface area contributed by atoms with Gasteiger partial charge in [0.25, 0.3) is 0 Å². The van der Waals surface area contributed by atoms with E-state index in [0.29, 0.717) is 17.2 Å². The number of hydrogen-bond acceptors (Lipinski definition) is 6. The van der Waals surface area contributed by atoms with Crippen molar-refractivity contribution >= 4 is 28.8 Å². The van der Waals surface area contributed by atoms with Crippen LogP contribution in [-0.2, 0) is 15.2 Å². The lowest BCUT2D eigenvalue weighted by Gasteiger charge is -2.27. The van der Waals surface area contributed by atoms with Gasteiger partial charge in [0.2, 0.25) is 0 Å². The summed E-state index contributed by atoms with van der Waals surface area (Å²) in [5, 5.41) is 17.9. The number of methoxy groups -OCH3 is 2. The summed E-state index contributed by atoms with van der Waals surface area (Å²) in [4.78, 5) is 25.2. The minimum Gasteiger partial charge on any atom is -0.493 e. The number of aliphatic hydroxyl groups is 1. The molecule has 8 heteroatoms. The van der Waals surface area contributed by atoms with Crippen molar-refractivity contribution in [3.63, 3.8) is 0 Å². The van der Waals surface area contributed by atoms with Crippen LogP contribution in [-0.4, -0.2) is 37.7 Å². The van der Waals surface area contributed by atoms with Gasteiger partial charge in [0, 0.05) is 16.6 Å². The fourth-order valence-corrected chi connectivity index (χ4v) is 3.82. The number of carbonyl (C=O) groups excluding carboxylic acids is 2. The van der Waals surface area contributed by atoms with Crippen LogP contribution in [0.3, 0.4) is 0 Å². The van der Waals surface area contributed by atoms with Gasteiger partial charge in [0.1, 0.15) is 5.60 Å². The minimum atomic E-state index is -1.13. The summed E-state index contributed by atoms with van der Waals surface area (Å²) < 4.78 is 10.3. The summed E-state index contributed by atoms with van der Waals surface area (Å²) in [6, 6.07) is 8.52. The molecule has 0 spiro atoms. The van der Waals surface area contributed by atoms with Crippen LogP contribution < -0.4 is 20.1 Å². The third kappa shape index (κ3) is 4.23. The van der Waals surface area contributed by atoms with Crippen LogP contribution in [0.5, 0.6) is 11.5 Å². The van der Waals surface area contributed by atoms with Gasteiger partial charge in [-0.2, -0.15) is 0 Å². The summed E-state index contributed by atoms with van der Waals surface area (Å²) in [5.74, 6) is -0.556. The van der Waals surface area contributed by atoms with Crippen molar-refractivity contribution in [2.45, 2.75) is 18.4 Å². The number of anilines is 1. The Balaban J connectivity index is 1.62. The lowest BCUT2D eigenvalue weighted by atomic mass is 9.95. The van der Waals surface area contributed by atoms with Crippen LogP contribution in [0.4, 0.5) is 5.69 Å². The van der Waals surface area contributed by atoms with Gasteiger partial charge in [0.15, 0.2) is 11.5 Å². The molecule has 1 heterocycles. The van der Waals surface area contributed by atoms with Crippen molar-refractivity contribution in [2.75, 3.05) is 26.1 Å². The third-order valence-corrected chi connectivity index (χ3v) is 5.60. The van der Waals surface area contributed by atoms with Crippen molar-refractivity contribution in [2.24, 2.45) is 5.92 Å². The number of rotatable bonds is 7. The first kappa shape index (κ1) is 19.2. The first-order chi connectivity index (χ1) is 13.0. The highest BCUT2D eigenvalue weighted by molar-refractivity contribution is 7.10. The third-order valence-electron chi connectivity index (χ3n) is 4.57. The first-order valence-corrected chi connectivity index (χ1v) is 9.43. The molecule has 27 heavy (non-hydrogen) atoms. The van der Waals surface area contributed by atoms with Gasteiger partial charge in [-0.05, 0) is 42.3 Å².